The topological polar surface area (TPSA) is 76.5 Å². The van der Waals surface area contributed by atoms with Crippen LogP contribution in [0.25, 0.3) is 5.65 Å². The van der Waals surface area contributed by atoms with Crippen molar-refractivity contribution in [2.24, 2.45) is 0 Å². The van der Waals surface area contributed by atoms with Gasteiger partial charge in [-0.2, -0.15) is 0 Å². The lowest BCUT2D eigenvalue weighted by atomic mass is 9.95. The number of fused-ring (bicyclic) bond motifs is 1. The van der Waals surface area contributed by atoms with E-state index in [1.807, 2.05) is 33.7 Å². The number of hydrogen-bond acceptors (Lipinski definition) is 5. The second-order valence-corrected chi connectivity index (χ2v) is 6.25. The minimum atomic E-state index is 0.0100. The molecule has 0 atom stereocenters. The van der Waals surface area contributed by atoms with Crippen molar-refractivity contribution in [2.45, 2.75) is 32.6 Å². The van der Waals surface area contributed by atoms with Gasteiger partial charge in [-0.3, -0.25) is 9.20 Å². The maximum absolute atomic E-state index is 12.7. The van der Waals surface area contributed by atoms with Gasteiger partial charge < -0.3 is 9.42 Å². The Labute approximate surface area is 139 Å². The summed E-state index contributed by atoms with van der Waals surface area (Å²) in [6.07, 6.45) is 3.75. The fraction of sp³-hybridized carbons (Fsp3) is 0.412. The summed E-state index contributed by atoms with van der Waals surface area (Å²) in [5.74, 6) is 1.89. The fourth-order valence-electron chi connectivity index (χ4n) is 3.43. The molecule has 0 saturated carbocycles. The summed E-state index contributed by atoms with van der Waals surface area (Å²) >= 11 is 0. The summed E-state index contributed by atoms with van der Waals surface area (Å²) in [4.78, 5) is 14.6. The molecule has 0 N–H and O–H groups in total. The van der Waals surface area contributed by atoms with Crippen LogP contribution in [0.3, 0.4) is 0 Å². The predicted octanol–water partition coefficient (Wildman–Crippen LogP) is 2.35. The summed E-state index contributed by atoms with van der Waals surface area (Å²) in [5.41, 5.74) is 2.12. The summed E-state index contributed by atoms with van der Waals surface area (Å²) in [7, 11) is 0. The number of aromatic nitrogens is 4. The molecule has 3 aromatic heterocycles. The molecule has 0 spiro atoms. The van der Waals surface area contributed by atoms with Crippen LogP contribution in [0.5, 0.6) is 0 Å². The summed E-state index contributed by atoms with van der Waals surface area (Å²) in [6, 6.07) is 5.89. The highest BCUT2D eigenvalue weighted by atomic mass is 16.5. The molecule has 4 heterocycles. The Hall–Kier alpha value is -2.70. The van der Waals surface area contributed by atoms with Crippen LogP contribution >= 0.6 is 0 Å². The summed E-state index contributed by atoms with van der Waals surface area (Å²) < 4.78 is 7.15. The van der Waals surface area contributed by atoms with Crippen molar-refractivity contribution in [3.05, 3.63) is 47.2 Å². The van der Waals surface area contributed by atoms with E-state index in [0.29, 0.717) is 36.0 Å². The lowest BCUT2D eigenvalue weighted by Gasteiger charge is -2.31. The van der Waals surface area contributed by atoms with Crippen molar-refractivity contribution < 1.29 is 9.32 Å². The van der Waals surface area contributed by atoms with Crippen molar-refractivity contribution in [1.82, 2.24) is 24.7 Å². The lowest BCUT2D eigenvalue weighted by molar-refractivity contribution is 0.0708. The molecule has 1 aliphatic rings. The second-order valence-electron chi connectivity index (χ2n) is 6.25. The average Bonchev–Trinajstić information content (AvgIpc) is 3.18. The third-order valence-electron chi connectivity index (χ3n) is 4.73. The number of amides is 1. The molecule has 124 valence electrons. The summed E-state index contributed by atoms with van der Waals surface area (Å²) in [6.45, 7) is 4.99. The van der Waals surface area contributed by atoms with Crippen molar-refractivity contribution in [1.29, 1.82) is 0 Å². The quantitative estimate of drug-likeness (QED) is 0.723. The molecule has 24 heavy (non-hydrogen) atoms. The van der Waals surface area contributed by atoms with Gasteiger partial charge in [-0.25, -0.2) is 0 Å². The highest BCUT2D eigenvalue weighted by Crippen LogP contribution is 2.28. The number of carbonyl (C=O) groups excluding carboxylic acids is 1. The van der Waals surface area contributed by atoms with E-state index in [2.05, 4.69) is 15.4 Å². The Morgan fingerprint density at radius 3 is 2.71 bits per heavy atom. The van der Waals surface area contributed by atoms with Gasteiger partial charge in [0.15, 0.2) is 5.65 Å². The molecule has 0 radical (unpaired) electrons. The molecule has 1 aliphatic heterocycles. The van der Waals surface area contributed by atoms with Crippen LogP contribution in [0.1, 0.15) is 46.4 Å². The largest absolute Gasteiger partial charge is 0.361 e. The average molecular weight is 325 g/mol. The van der Waals surface area contributed by atoms with Crippen LogP contribution < -0.4 is 0 Å². The molecular formula is C17H19N5O2. The Kier molecular flexibility index (Phi) is 3.55. The normalized spacial score (nSPS) is 16.0. The van der Waals surface area contributed by atoms with E-state index in [1.165, 1.54) is 0 Å². The van der Waals surface area contributed by atoms with Crippen LogP contribution in [0.2, 0.25) is 0 Å². The molecule has 3 aromatic rings. The SMILES string of the molecule is Cc1noc(C)c1C(=O)N1CCC(c2nnc3ccccn23)CC1. The van der Waals surface area contributed by atoms with Gasteiger partial charge in [-0.05, 0) is 38.8 Å². The Morgan fingerprint density at radius 1 is 1.21 bits per heavy atom. The van der Waals surface area contributed by atoms with E-state index in [9.17, 15) is 4.79 Å². The molecule has 7 nitrogen and oxygen atoms in total. The molecule has 4 rings (SSSR count). The van der Waals surface area contributed by atoms with Crippen molar-refractivity contribution in [3.63, 3.8) is 0 Å². The Balaban J connectivity index is 1.50. The predicted molar refractivity (Wildman–Crippen MR) is 86.8 cm³/mol. The first-order chi connectivity index (χ1) is 11.6. The van der Waals surface area contributed by atoms with Gasteiger partial charge in [0.25, 0.3) is 5.91 Å². The van der Waals surface area contributed by atoms with Crippen LogP contribution in [0, 0.1) is 13.8 Å². The molecule has 0 unspecified atom stereocenters. The van der Waals surface area contributed by atoms with E-state index in [0.717, 1.165) is 24.3 Å². The smallest absolute Gasteiger partial charge is 0.259 e. The zero-order valence-electron chi connectivity index (χ0n) is 13.8. The van der Waals surface area contributed by atoms with Gasteiger partial charge in [-0.15, -0.1) is 10.2 Å². The van der Waals surface area contributed by atoms with Crippen LogP contribution in [0.15, 0.2) is 28.9 Å². The zero-order chi connectivity index (χ0) is 16.7. The van der Waals surface area contributed by atoms with Crippen LogP contribution in [-0.4, -0.2) is 43.7 Å². The van der Waals surface area contributed by atoms with Gasteiger partial charge >= 0.3 is 0 Å². The third-order valence-corrected chi connectivity index (χ3v) is 4.73. The monoisotopic (exact) mass is 325 g/mol. The van der Waals surface area contributed by atoms with E-state index in [4.69, 9.17) is 4.52 Å². The first-order valence-corrected chi connectivity index (χ1v) is 8.17. The van der Waals surface area contributed by atoms with Crippen molar-refractivity contribution >= 4 is 11.6 Å². The van der Waals surface area contributed by atoms with Crippen LogP contribution in [-0.2, 0) is 0 Å². The minimum absolute atomic E-state index is 0.0100. The molecule has 7 heteroatoms. The molecule has 1 fully saturated rings. The van der Waals surface area contributed by atoms with Gasteiger partial charge in [-0.1, -0.05) is 11.2 Å². The van der Waals surface area contributed by atoms with Gasteiger partial charge in [0.1, 0.15) is 17.1 Å². The highest BCUT2D eigenvalue weighted by molar-refractivity contribution is 5.96. The van der Waals surface area contributed by atoms with Crippen LogP contribution in [0.4, 0.5) is 0 Å². The molecular weight excluding hydrogens is 306 g/mol. The fourth-order valence-corrected chi connectivity index (χ4v) is 3.43. The Bertz CT molecular complexity index is 870. The first-order valence-electron chi connectivity index (χ1n) is 8.17. The molecule has 0 aromatic carbocycles. The van der Waals surface area contributed by atoms with Crippen molar-refractivity contribution in [2.75, 3.05) is 13.1 Å². The Morgan fingerprint density at radius 2 is 2.00 bits per heavy atom. The third kappa shape index (κ3) is 2.36. The van der Waals surface area contributed by atoms with Gasteiger partial charge in [0, 0.05) is 25.2 Å². The molecule has 0 aliphatic carbocycles. The van der Waals surface area contributed by atoms with E-state index in [1.54, 1.807) is 13.8 Å². The van der Waals surface area contributed by atoms with E-state index >= 15 is 0 Å². The number of pyridine rings is 1. The van der Waals surface area contributed by atoms with Gasteiger partial charge in [0.05, 0.1) is 5.69 Å². The number of rotatable bonds is 2. The number of likely N-dealkylation sites (tertiary alicyclic amines) is 1. The standard InChI is InChI=1S/C17H19N5O2/c1-11-15(12(2)24-20-11)17(23)21-9-6-13(7-10-21)16-19-18-14-5-3-4-8-22(14)16/h3-5,8,13H,6-7,9-10H2,1-2H3. The van der Waals surface area contributed by atoms with Crippen molar-refractivity contribution in [3.8, 4) is 0 Å². The van der Waals surface area contributed by atoms with E-state index < -0.39 is 0 Å². The number of aryl methyl sites for hydroxylation is 2. The zero-order valence-corrected chi connectivity index (χ0v) is 13.8. The maximum Gasteiger partial charge on any atom is 0.259 e. The molecule has 0 bridgehead atoms. The molecule has 1 amide bonds. The lowest BCUT2D eigenvalue weighted by Crippen LogP contribution is -2.38. The minimum Gasteiger partial charge on any atom is -0.361 e. The van der Waals surface area contributed by atoms with Gasteiger partial charge in [0.2, 0.25) is 0 Å². The summed E-state index contributed by atoms with van der Waals surface area (Å²) in [5, 5.41) is 12.5. The number of piperidine rings is 1. The van der Waals surface area contributed by atoms with E-state index in [-0.39, 0.29) is 5.91 Å². The number of nitrogens with zero attached hydrogens (tertiary/aromatic N) is 5. The second kappa shape index (κ2) is 5.74. The number of hydrogen-bond donors (Lipinski definition) is 0. The number of carbonyl (C=O) groups is 1. The molecule has 1 saturated heterocycles. The maximum atomic E-state index is 12.7. The highest BCUT2D eigenvalue weighted by Gasteiger charge is 2.29. The first kappa shape index (κ1) is 14.9.